The van der Waals surface area contributed by atoms with E-state index < -0.39 is 4.92 Å². The van der Waals surface area contributed by atoms with Gasteiger partial charge in [-0.2, -0.15) is 5.26 Å². The minimum absolute atomic E-state index is 0.104. The molecule has 3 aromatic rings. The van der Waals surface area contributed by atoms with Gasteiger partial charge in [0.15, 0.2) is 0 Å². The van der Waals surface area contributed by atoms with Crippen LogP contribution in [0.2, 0.25) is 0 Å². The highest BCUT2D eigenvalue weighted by Crippen LogP contribution is 2.33. The molecule has 0 bridgehead atoms. The van der Waals surface area contributed by atoms with E-state index in [4.69, 9.17) is 10.00 Å². The second kappa shape index (κ2) is 6.85. The molecule has 0 amide bonds. The number of hydrogen-bond donors (Lipinski definition) is 0. The Morgan fingerprint density at radius 1 is 0.960 bits per heavy atom. The Morgan fingerprint density at radius 3 is 2.12 bits per heavy atom. The predicted molar refractivity (Wildman–Crippen MR) is 94.5 cm³/mol. The van der Waals surface area contributed by atoms with E-state index in [1.165, 1.54) is 23.8 Å². The molecule has 0 radical (unpaired) electrons. The smallest absolute Gasteiger partial charge is 0.312 e. The number of nitriles is 1. The lowest BCUT2D eigenvalue weighted by molar-refractivity contribution is -0.385. The van der Waals surface area contributed by atoms with Gasteiger partial charge in [0.2, 0.25) is 5.75 Å². The van der Waals surface area contributed by atoms with Crippen molar-refractivity contribution in [3.05, 3.63) is 88.0 Å². The van der Waals surface area contributed by atoms with Crippen molar-refractivity contribution in [2.24, 2.45) is 0 Å². The van der Waals surface area contributed by atoms with Crippen LogP contribution < -0.4 is 4.74 Å². The zero-order valence-corrected chi connectivity index (χ0v) is 13.5. The molecule has 0 heterocycles. The monoisotopic (exact) mass is 330 g/mol. The zero-order valence-electron chi connectivity index (χ0n) is 13.5. The fraction of sp³-hybridized carbons (Fsp3) is 0.0500. The fourth-order valence-electron chi connectivity index (χ4n) is 2.40. The Kier molecular flexibility index (Phi) is 4.44. The van der Waals surface area contributed by atoms with E-state index >= 15 is 0 Å². The number of benzene rings is 3. The van der Waals surface area contributed by atoms with Gasteiger partial charge in [-0.15, -0.1) is 0 Å². The molecule has 0 aliphatic heterocycles. The van der Waals surface area contributed by atoms with Gasteiger partial charge in [-0.05, 0) is 42.3 Å². The van der Waals surface area contributed by atoms with Crippen LogP contribution in [0.25, 0.3) is 11.1 Å². The summed E-state index contributed by atoms with van der Waals surface area (Å²) in [4.78, 5) is 10.6. The maximum absolute atomic E-state index is 11.2. The van der Waals surface area contributed by atoms with Crippen LogP contribution in [-0.2, 0) is 0 Å². The van der Waals surface area contributed by atoms with Crippen LogP contribution in [0.1, 0.15) is 11.1 Å². The van der Waals surface area contributed by atoms with Gasteiger partial charge >= 0.3 is 5.69 Å². The highest BCUT2D eigenvalue weighted by atomic mass is 16.6. The predicted octanol–water partition coefficient (Wildman–Crippen LogP) is 5.23. The summed E-state index contributed by atoms with van der Waals surface area (Å²) in [6, 6.07) is 21.5. The summed E-state index contributed by atoms with van der Waals surface area (Å²) in [5.74, 6) is 0.593. The molecule has 0 saturated carbocycles. The zero-order chi connectivity index (χ0) is 17.8. The third kappa shape index (κ3) is 3.65. The molecular weight excluding hydrogens is 316 g/mol. The van der Waals surface area contributed by atoms with Crippen molar-refractivity contribution in [3.63, 3.8) is 0 Å². The SMILES string of the molecule is Cc1ccc(-c2ccc(Oc3ccc(C#N)cc3[N+](=O)[O-])cc2)cc1. The van der Waals surface area contributed by atoms with Gasteiger partial charge in [0, 0.05) is 6.07 Å². The van der Waals surface area contributed by atoms with E-state index in [1.807, 2.05) is 49.4 Å². The molecule has 0 saturated heterocycles. The topological polar surface area (TPSA) is 76.2 Å². The first kappa shape index (κ1) is 16.2. The quantitative estimate of drug-likeness (QED) is 0.484. The molecule has 3 rings (SSSR count). The fourth-order valence-corrected chi connectivity index (χ4v) is 2.40. The van der Waals surface area contributed by atoms with Crippen LogP contribution in [0.5, 0.6) is 11.5 Å². The van der Waals surface area contributed by atoms with Crippen molar-refractivity contribution >= 4 is 5.69 Å². The Labute approximate surface area is 144 Å². The number of rotatable bonds is 4. The highest BCUT2D eigenvalue weighted by molar-refractivity contribution is 5.64. The van der Waals surface area contributed by atoms with E-state index in [0.717, 1.165) is 11.1 Å². The molecule has 0 aromatic heterocycles. The molecular formula is C20H14N2O3. The molecule has 0 unspecified atom stereocenters. The molecule has 0 spiro atoms. The van der Waals surface area contributed by atoms with Gasteiger partial charge in [-0.25, -0.2) is 0 Å². The number of nitro groups is 1. The summed E-state index contributed by atoms with van der Waals surface area (Å²) in [5, 5.41) is 20.0. The maximum atomic E-state index is 11.2. The Bertz CT molecular complexity index is 956. The van der Waals surface area contributed by atoms with E-state index in [9.17, 15) is 10.1 Å². The summed E-state index contributed by atoms with van der Waals surface area (Å²) >= 11 is 0. The number of hydrogen-bond acceptors (Lipinski definition) is 4. The molecule has 5 nitrogen and oxygen atoms in total. The first-order valence-electron chi connectivity index (χ1n) is 7.60. The van der Waals surface area contributed by atoms with Gasteiger partial charge in [-0.1, -0.05) is 42.0 Å². The molecule has 0 N–H and O–H groups in total. The molecule has 122 valence electrons. The largest absolute Gasteiger partial charge is 0.450 e. The standard InChI is InChI=1S/C20H14N2O3/c1-14-2-5-16(6-3-14)17-7-9-18(10-8-17)25-20-11-4-15(13-21)12-19(20)22(23)24/h2-12H,1H3. The highest BCUT2D eigenvalue weighted by Gasteiger charge is 2.16. The molecule has 0 aliphatic rings. The van der Waals surface area contributed by atoms with Crippen LogP contribution in [0, 0.1) is 28.4 Å². The van der Waals surface area contributed by atoms with Crippen molar-refractivity contribution in [2.75, 3.05) is 0 Å². The molecule has 0 aliphatic carbocycles. The molecule has 3 aromatic carbocycles. The Morgan fingerprint density at radius 2 is 1.56 bits per heavy atom. The average molecular weight is 330 g/mol. The number of aryl methyl sites for hydroxylation is 1. The van der Waals surface area contributed by atoms with E-state index in [2.05, 4.69) is 0 Å². The number of ether oxygens (including phenoxy) is 1. The number of nitro benzene ring substituents is 1. The third-order valence-electron chi connectivity index (χ3n) is 3.75. The Balaban J connectivity index is 1.86. The summed E-state index contributed by atoms with van der Waals surface area (Å²) in [6.07, 6.45) is 0. The van der Waals surface area contributed by atoms with E-state index in [0.29, 0.717) is 5.75 Å². The van der Waals surface area contributed by atoms with Crippen molar-refractivity contribution in [3.8, 4) is 28.7 Å². The third-order valence-corrected chi connectivity index (χ3v) is 3.75. The van der Waals surface area contributed by atoms with Crippen molar-refractivity contribution < 1.29 is 9.66 Å². The van der Waals surface area contributed by atoms with Crippen LogP contribution in [0.15, 0.2) is 66.7 Å². The minimum Gasteiger partial charge on any atom is -0.450 e. The normalized spacial score (nSPS) is 10.1. The minimum atomic E-state index is -0.559. The van der Waals surface area contributed by atoms with Crippen molar-refractivity contribution in [1.29, 1.82) is 5.26 Å². The summed E-state index contributed by atoms with van der Waals surface area (Å²) in [5.41, 5.74) is 3.29. The first-order valence-corrected chi connectivity index (χ1v) is 7.60. The van der Waals surface area contributed by atoms with Gasteiger partial charge in [0.1, 0.15) is 5.75 Å². The Hall–Kier alpha value is -3.65. The van der Waals surface area contributed by atoms with E-state index in [1.54, 1.807) is 12.1 Å². The summed E-state index contributed by atoms with van der Waals surface area (Å²) < 4.78 is 5.63. The second-order valence-electron chi connectivity index (χ2n) is 5.54. The van der Waals surface area contributed by atoms with Crippen LogP contribution in [0.3, 0.4) is 0 Å². The molecule has 5 heteroatoms. The average Bonchev–Trinajstić information content (AvgIpc) is 2.63. The number of nitrogens with zero attached hydrogens (tertiary/aromatic N) is 2. The first-order chi connectivity index (χ1) is 12.1. The maximum Gasteiger partial charge on any atom is 0.312 e. The van der Waals surface area contributed by atoms with Crippen LogP contribution >= 0.6 is 0 Å². The van der Waals surface area contributed by atoms with Crippen LogP contribution in [0.4, 0.5) is 5.69 Å². The second-order valence-corrected chi connectivity index (χ2v) is 5.54. The lowest BCUT2D eigenvalue weighted by Crippen LogP contribution is -1.94. The lowest BCUT2D eigenvalue weighted by atomic mass is 10.0. The van der Waals surface area contributed by atoms with Gasteiger partial charge in [0.05, 0.1) is 16.6 Å². The van der Waals surface area contributed by atoms with Crippen molar-refractivity contribution in [2.45, 2.75) is 6.92 Å². The van der Waals surface area contributed by atoms with E-state index in [-0.39, 0.29) is 17.0 Å². The van der Waals surface area contributed by atoms with Gasteiger partial charge in [0.25, 0.3) is 0 Å². The van der Waals surface area contributed by atoms with Crippen LogP contribution in [-0.4, -0.2) is 4.92 Å². The van der Waals surface area contributed by atoms with Gasteiger partial charge in [-0.3, -0.25) is 10.1 Å². The molecule has 25 heavy (non-hydrogen) atoms. The molecule has 0 atom stereocenters. The molecule has 0 fully saturated rings. The van der Waals surface area contributed by atoms with Crippen molar-refractivity contribution in [1.82, 2.24) is 0 Å². The summed E-state index contributed by atoms with van der Waals surface area (Å²) in [7, 11) is 0. The van der Waals surface area contributed by atoms with Gasteiger partial charge < -0.3 is 4.74 Å². The summed E-state index contributed by atoms with van der Waals surface area (Å²) in [6.45, 7) is 2.03. The lowest BCUT2D eigenvalue weighted by Gasteiger charge is -2.08.